The molecule has 2 aromatic heterocycles. The summed E-state index contributed by atoms with van der Waals surface area (Å²) in [4.78, 5) is 18.3. The molecule has 19 heavy (non-hydrogen) atoms. The monoisotopic (exact) mass is 291 g/mol. The maximum Gasteiger partial charge on any atom is 0.275 e. The number of nitrogens with zero attached hydrogens (tertiary/aromatic N) is 2. The summed E-state index contributed by atoms with van der Waals surface area (Å²) in [5.41, 5.74) is 1.10. The number of thiazole rings is 1. The van der Waals surface area contributed by atoms with Gasteiger partial charge in [0.1, 0.15) is 5.69 Å². The molecule has 6 heteroatoms. The lowest BCUT2D eigenvalue weighted by atomic mass is 10.3. The fourth-order valence-corrected chi connectivity index (χ4v) is 2.68. The van der Waals surface area contributed by atoms with Gasteiger partial charge in [-0.1, -0.05) is 11.6 Å². The van der Waals surface area contributed by atoms with E-state index in [0.717, 1.165) is 9.84 Å². The van der Waals surface area contributed by atoms with Crippen LogP contribution in [0, 0.1) is 6.92 Å². The molecule has 2 heterocycles. The fourth-order valence-electron chi connectivity index (χ4n) is 1.75. The molecule has 4 nitrogen and oxygen atoms in total. The molecule has 0 saturated carbocycles. The van der Waals surface area contributed by atoms with Crippen molar-refractivity contribution in [2.24, 2.45) is 0 Å². The number of carbonyl (C=O) groups is 1. The third kappa shape index (κ3) is 2.47. The number of anilines is 1. The second-order valence-corrected chi connectivity index (χ2v) is 5.77. The molecule has 0 fully saturated rings. The topological polar surface area (TPSA) is 46.4 Å². The Kier molecular flexibility index (Phi) is 3.00. The van der Waals surface area contributed by atoms with Gasteiger partial charge in [0.05, 0.1) is 0 Å². The lowest BCUT2D eigenvalue weighted by Crippen LogP contribution is -2.12. The van der Waals surface area contributed by atoms with E-state index >= 15 is 0 Å². The highest BCUT2D eigenvalue weighted by molar-refractivity contribution is 7.17. The van der Waals surface area contributed by atoms with Crippen LogP contribution in [0.5, 0.6) is 0 Å². The number of aryl methyl sites for hydroxylation is 1. The normalized spacial score (nSPS) is 10.8. The lowest BCUT2D eigenvalue weighted by Gasteiger charge is -2.02. The minimum absolute atomic E-state index is 0.226. The van der Waals surface area contributed by atoms with E-state index in [4.69, 9.17) is 11.6 Å². The maximum absolute atomic E-state index is 12.0. The van der Waals surface area contributed by atoms with E-state index in [1.165, 1.54) is 0 Å². The van der Waals surface area contributed by atoms with Crippen molar-refractivity contribution in [1.29, 1.82) is 0 Å². The summed E-state index contributed by atoms with van der Waals surface area (Å²) < 4.78 is 1.86. The van der Waals surface area contributed by atoms with E-state index in [1.807, 2.05) is 17.5 Å². The third-order valence-electron chi connectivity index (χ3n) is 2.61. The second-order valence-electron chi connectivity index (χ2n) is 4.12. The molecule has 0 radical (unpaired) electrons. The van der Waals surface area contributed by atoms with Gasteiger partial charge in [-0.3, -0.25) is 9.20 Å². The number of nitrogens with one attached hydrogen (secondary N) is 1. The van der Waals surface area contributed by atoms with E-state index in [-0.39, 0.29) is 5.91 Å². The zero-order valence-electron chi connectivity index (χ0n) is 10.1. The number of halogens is 1. The van der Waals surface area contributed by atoms with Crippen LogP contribution in [0.15, 0.2) is 36.7 Å². The van der Waals surface area contributed by atoms with Crippen molar-refractivity contribution >= 4 is 39.5 Å². The van der Waals surface area contributed by atoms with E-state index < -0.39 is 0 Å². The predicted molar refractivity (Wildman–Crippen MR) is 77.2 cm³/mol. The second kappa shape index (κ2) is 4.68. The summed E-state index contributed by atoms with van der Waals surface area (Å²) in [6.45, 7) is 2.01. The van der Waals surface area contributed by atoms with Gasteiger partial charge in [-0.15, -0.1) is 11.3 Å². The molecule has 3 rings (SSSR count). The first kappa shape index (κ1) is 12.2. The first-order chi connectivity index (χ1) is 9.11. The minimum Gasteiger partial charge on any atom is -0.321 e. The Labute approximate surface area is 118 Å². The number of fused-ring (bicyclic) bond motifs is 1. The molecule has 0 aliphatic carbocycles. The van der Waals surface area contributed by atoms with Crippen molar-refractivity contribution in [3.8, 4) is 0 Å². The van der Waals surface area contributed by atoms with Gasteiger partial charge < -0.3 is 5.32 Å². The molecule has 0 spiro atoms. The zero-order chi connectivity index (χ0) is 13.4. The van der Waals surface area contributed by atoms with Crippen LogP contribution < -0.4 is 5.32 Å². The van der Waals surface area contributed by atoms with Crippen LogP contribution in [0.1, 0.15) is 15.4 Å². The molecule has 0 unspecified atom stereocenters. The van der Waals surface area contributed by atoms with Crippen molar-refractivity contribution in [3.05, 3.63) is 52.3 Å². The van der Waals surface area contributed by atoms with Crippen LogP contribution >= 0.6 is 22.9 Å². The Hall–Kier alpha value is -1.85. The van der Waals surface area contributed by atoms with Gasteiger partial charge in [-0.2, -0.15) is 0 Å². The predicted octanol–water partition coefficient (Wildman–Crippen LogP) is 3.61. The van der Waals surface area contributed by atoms with E-state index in [2.05, 4.69) is 10.3 Å². The third-order valence-corrected chi connectivity index (χ3v) is 3.77. The molecular weight excluding hydrogens is 282 g/mol. The largest absolute Gasteiger partial charge is 0.321 e. The van der Waals surface area contributed by atoms with Gasteiger partial charge >= 0.3 is 0 Å². The summed E-state index contributed by atoms with van der Waals surface area (Å²) in [5, 5.41) is 3.42. The molecule has 0 saturated heterocycles. The number of hydrogen-bond donors (Lipinski definition) is 1. The Morgan fingerprint density at radius 1 is 1.32 bits per heavy atom. The summed E-state index contributed by atoms with van der Waals surface area (Å²) >= 11 is 7.34. The van der Waals surface area contributed by atoms with Crippen LogP contribution in [0.4, 0.5) is 5.69 Å². The Balaban J connectivity index is 1.83. The van der Waals surface area contributed by atoms with Crippen LogP contribution in [-0.2, 0) is 0 Å². The Bertz CT molecular complexity index is 713. The van der Waals surface area contributed by atoms with Crippen LogP contribution in [0.2, 0.25) is 5.02 Å². The highest BCUT2D eigenvalue weighted by Crippen LogP contribution is 2.18. The van der Waals surface area contributed by atoms with E-state index in [9.17, 15) is 4.79 Å². The number of amides is 1. The van der Waals surface area contributed by atoms with Crippen molar-refractivity contribution in [1.82, 2.24) is 9.38 Å². The number of aromatic nitrogens is 2. The SMILES string of the molecule is Cc1cn2cc(C(=O)Nc3ccc(Cl)cc3)nc2s1. The standard InChI is InChI=1S/C13H10ClN3OS/c1-8-6-17-7-11(16-13(17)19-8)12(18)15-10-4-2-9(14)3-5-10/h2-7H,1H3,(H,15,18). The molecule has 0 aliphatic rings. The first-order valence-corrected chi connectivity index (χ1v) is 6.83. The number of hydrogen-bond acceptors (Lipinski definition) is 3. The summed E-state index contributed by atoms with van der Waals surface area (Å²) in [6.07, 6.45) is 3.68. The molecule has 0 aliphatic heterocycles. The molecule has 0 atom stereocenters. The summed E-state index contributed by atoms with van der Waals surface area (Å²) in [7, 11) is 0. The molecule has 1 amide bonds. The average molecular weight is 292 g/mol. The highest BCUT2D eigenvalue weighted by Gasteiger charge is 2.12. The summed E-state index contributed by atoms with van der Waals surface area (Å²) in [5.74, 6) is -0.226. The minimum atomic E-state index is -0.226. The molecule has 0 bridgehead atoms. The van der Waals surface area contributed by atoms with Crippen molar-refractivity contribution in [2.75, 3.05) is 5.32 Å². The lowest BCUT2D eigenvalue weighted by molar-refractivity contribution is 0.102. The number of rotatable bonds is 2. The molecule has 1 aromatic carbocycles. The zero-order valence-corrected chi connectivity index (χ0v) is 11.6. The molecule has 96 valence electrons. The van der Waals surface area contributed by atoms with E-state index in [1.54, 1.807) is 41.8 Å². The van der Waals surface area contributed by atoms with Gasteiger partial charge in [-0.25, -0.2) is 4.98 Å². The number of imidazole rings is 1. The Morgan fingerprint density at radius 3 is 2.74 bits per heavy atom. The van der Waals surface area contributed by atoms with Gasteiger partial charge in [0.2, 0.25) is 0 Å². The quantitative estimate of drug-likeness (QED) is 0.784. The van der Waals surface area contributed by atoms with Gasteiger partial charge in [0.15, 0.2) is 4.96 Å². The Morgan fingerprint density at radius 2 is 2.05 bits per heavy atom. The molecule has 1 N–H and O–H groups in total. The average Bonchev–Trinajstić information content (AvgIpc) is 2.89. The van der Waals surface area contributed by atoms with Crippen LogP contribution in [0.25, 0.3) is 4.96 Å². The van der Waals surface area contributed by atoms with E-state index in [0.29, 0.717) is 16.4 Å². The van der Waals surface area contributed by atoms with Crippen molar-refractivity contribution in [3.63, 3.8) is 0 Å². The number of benzene rings is 1. The molecule has 3 aromatic rings. The fraction of sp³-hybridized carbons (Fsp3) is 0.0769. The van der Waals surface area contributed by atoms with Crippen LogP contribution in [0.3, 0.4) is 0 Å². The van der Waals surface area contributed by atoms with Gasteiger partial charge in [-0.05, 0) is 31.2 Å². The maximum atomic E-state index is 12.0. The first-order valence-electron chi connectivity index (χ1n) is 5.64. The molecular formula is C13H10ClN3OS. The van der Waals surface area contributed by atoms with Crippen molar-refractivity contribution < 1.29 is 4.79 Å². The van der Waals surface area contributed by atoms with Gasteiger partial charge in [0.25, 0.3) is 5.91 Å². The highest BCUT2D eigenvalue weighted by atomic mass is 35.5. The smallest absolute Gasteiger partial charge is 0.275 e. The van der Waals surface area contributed by atoms with Crippen LogP contribution in [-0.4, -0.2) is 15.3 Å². The number of carbonyl (C=O) groups excluding carboxylic acids is 1. The summed E-state index contributed by atoms with van der Waals surface area (Å²) in [6, 6.07) is 6.96. The van der Waals surface area contributed by atoms with Gasteiger partial charge in [0, 0.05) is 28.0 Å². The van der Waals surface area contributed by atoms with Crippen molar-refractivity contribution in [2.45, 2.75) is 6.92 Å².